The molecule has 0 spiro atoms. The molecule has 0 saturated heterocycles. The Labute approximate surface area is 127 Å². The van der Waals surface area contributed by atoms with Crippen LogP contribution in [0.15, 0.2) is 24.5 Å². The predicted molar refractivity (Wildman–Crippen MR) is 83.9 cm³/mol. The smallest absolute Gasteiger partial charge is 0.123 e. The highest BCUT2D eigenvalue weighted by atomic mass is 16.3. The molecular formula is C18H27NO2. The standard InChI is InChI=1S/C18H27NO2/c20-14-17(12-16-8-10-19-11-9-16)13-18(21)7-6-15-4-2-1-3-5-15/h8-11,14-15,17-18,21H,1-7,12-13H2. The minimum absolute atomic E-state index is 0.0891. The van der Waals surface area contributed by atoms with Crippen molar-refractivity contribution >= 4 is 6.29 Å². The van der Waals surface area contributed by atoms with Gasteiger partial charge in [-0.05, 0) is 49.3 Å². The molecule has 0 radical (unpaired) electrons. The first-order valence-electron chi connectivity index (χ1n) is 8.30. The molecule has 116 valence electrons. The number of hydrogen-bond donors (Lipinski definition) is 1. The number of aldehydes is 1. The summed E-state index contributed by atoms with van der Waals surface area (Å²) in [6.07, 6.45) is 14.1. The van der Waals surface area contributed by atoms with Crippen molar-refractivity contribution in [1.29, 1.82) is 0 Å². The largest absolute Gasteiger partial charge is 0.393 e. The molecule has 3 nitrogen and oxygen atoms in total. The topological polar surface area (TPSA) is 50.2 Å². The molecule has 1 fully saturated rings. The lowest BCUT2D eigenvalue weighted by Crippen LogP contribution is -2.18. The van der Waals surface area contributed by atoms with E-state index in [9.17, 15) is 9.90 Å². The summed E-state index contributed by atoms with van der Waals surface area (Å²) in [5.41, 5.74) is 1.11. The molecule has 1 aliphatic rings. The van der Waals surface area contributed by atoms with Gasteiger partial charge in [0.25, 0.3) is 0 Å². The zero-order chi connectivity index (χ0) is 14.9. The van der Waals surface area contributed by atoms with E-state index in [1.807, 2.05) is 12.1 Å². The van der Waals surface area contributed by atoms with Crippen LogP contribution in [-0.2, 0) is 11.2 Å². The van der Waals surface area contributed by atoms with Crippen LogP contribution in [0, 0.1) is 11.8 Å². The van der Waals surface area contributed by atoms with Crippen LogP contribution in [0.4, 0.5) is 0 Å². The number of hydrogen-bond acceptors (Lipinski definition) is 3. The highest BCUT2D eigenvalue weighted by molar-refractivity contribution is 5.54. The van der Waals surface area contributed by atoms with Gasteiger partial charge in [0.1, 0.15) is 6.29 Å². The number of nitrogens with zero attached hydrogens (tertiary/aromatic N) is 1. The van der Waals surface area contributed by atoms with Gasteiger partial charge in [0, 0.05) is 18.3 Å². The van der Waals surface area contributed by atoms with Crippen molar-refractivity contribution in [2.45, 2.75) is 63.9 Å². The van der Waals surface area contributed by atoms with E-state index in [-0.39, 0.29) is 12.0 Å². The molecule has 0 aromatic carbocycles. The lowest BCUT2D eigenvalue weighted by Gasteiger charge is -2.23. The Morgan fingerprint density at radius 2 is 1.95 bits per heavy atom. The van der Waals surface area contributed by atoms with Gasteiger partial charge in [-0.1, -0.05) is 32.1 Å². The number of carbonyl (C=O) groups excluding carboxylic acids is 1. The van der Waals surface area contributed by atoms with Crippen molar-refractivity contribution in [3.8, 4) is 0 Å². The Morgan fingerprint density at radius 1 is 1.24 bits per heavy atom. The molecule has 1 aromatic rings. The Bertz CT molecular complexity index is 401. The SMILES string of the molecule is O=CC(Cc1ccncc1)CC(O)CCC1CCCCC1. The minimum Gasteiger partial charge on any atom is -0.393 e. The summed E-state index contributed by atoms with van der Waals surface area (Å²) in [6, 6.07) is 3.87. The molecule has 1 N–H and O–H groups in total. The third kappa shape index (κ3) is 5.96. The summed E-state index contributed by atoms with van der Waals surface area (Å²) in [5, 5.41) is 10.2. The second-order valence-electron chi connectivity index (χ2n) is 6.43. The molecule has 0 bridgehead atoms. The van der Waals surface area contributed by atoms with E-state index in [2.05, 4.69) is 4.98 Å². The van der Waals surface area contributed by atoms with Crippen molar-refractivity contribution in [1.82, 2.24) is 4.98 Å². The average Bonchev–Trinajstić information content (AvgIpc) is 2.54. The van der Waals surface area contributed by atoms with Gasteiger partial charge in [-0.2, -0.15) is 0 Å². The average molecular weight is 289 g/mol. The minimum atomic E-state index is -0.344. The van der Waals surface area contributed by atoms with Gasteiger partial charge in [0.2, 0.25) is 0 Å². The summed E-state index contributed by atoms with van der Waals surface area (Å²) in [5.74, 6) is 0.706. The number of aliphatic hydroxyl groups is 1. The van der Waals surface area contributed by atoms with E-state index in [1.54, 1.807) is 12.4 Å². The first-order chi connectivity index (χ1) is 10.3. The molecular weight excluding hydrogens is 262 g/mol. The molecule has 3 heteroatoms. The van der Waals surface area contributed by atoms with E-state index in [4.69, 9.17) is 0 Å². The molecule has 2 rings (SSSR count). The lowest BCUT2D eigenvalue weighted by atomic mass is 9.84. The Morgan fingerprint density at radius 3 is 2.62 bits per heavy atom. The Balaban J connectivity index is 1.71. The van der Waals surface area contributed by atoms with Crippen LogP contribution < -0.4 is 0 Å². The second kappa shape index (κ2) is 8.93. The van der Waals surface area contributed by atoms with Gasteiger partial charge < -0.3 is 9.90 Å². The molecule has 1 aromatic heterocycles. The maximum Gasteiger partial charge on any atom is 0.123 e. The number of rotatable bonds is 8. The molecule has 0 amide bonds. The fourth-order valence-electron chi connectivity index (χ4n) is 3.38. The van der Waals surface area contributed by atoms with E-state index >= 15 is 0 Å². The van der Waals surface area contributed by atoms with E-state index in [0.29, 0.717) is 12.8 Å². The summed E-state index contributed by atoms with van der Waals surface area (Å²) in [7, 11) is 0. The normalized spacial score (nSPS) is 19.1. The third-order valence-corrected chi connectivity index (χ3v) is 4.65. The van der Waals surface area contributed by atoms with Gasteiger partial charge in [0.05, 0.1) is 6.10 Å². The first-order valence-corrected chi connectivity index (χ1v) is 8.30. The predicted octanol–water partition coefficient (Wildman–Crippen LogP) is 3.55. The van der Waals surface area contributed by atoms with Crippen molar-refractivity contribution in [2.24, 2.45) is 11.8 Å². The van der Waals surface area contributed by atoms with Crippen molar-refractivity contribution < 1.29 is 9.90 Å². The van der Waals surface area contributed by atoms with Crippen LogP contribution >= 0.6 is 0 Å². The summed E-state index contributed by atoms with van der Waals surface area (Å²) in [4.78, 5) is 15.2. The summed E-state index contributed by atoms with van der Waals surface area (Å²) < 4.78 is 0. The van der Waals surface area contributed by atoms with Gasteiger partial charge >= 0.3 is 0 Å². The number of aliphatic hydroxyl groups excluding tert-OH is 1. The van der Waals surface area contributed by atoms with Crippen LogP contribution in [0.1, 0.15) is 56.9 Å². The van der Waals surface area contributed by atoms with Crippen molar-refractivity contribution in [2.75, 3.05) is 0 Å². The van der Waals surface area contributed by atoms with Crippen LogP contribution in [0.5, 0.6) is 0 Å². The summed E-state index contributed by atoms with van der Waals surface area (Å²) in [6.45, 7) is 0. The molecule has 0 aliphatic heterocycles. The van der Waals surface area contributed by atoms with E-state index in [0.717, 1.165) is 30.6 Å². The van der Waals surface area contributed by atoms with Crippen LogP contribution in [0.2, 0.25) is 0 Å². The number of carbonyl (C=O) groups is 1. The maximum atomic E-state index is 11.2. The quantitative estimate of drug-likeness (QED) is 0.745. The molecule has 2 unspecified atom stereocenters. The molecule has 1 saturated carbocycles. The van der Waals surface area contributed by atoms with Gasteiger partial charge in [-0.25, -0.2) is 0 Å². The highest BCUT2D eigenvalue weighted by Gasteiger charge is 2.18. The van der Waals surface area contributed by atoms with Crippen molar-refractivity contribution in [3.63, 3.8) is 0 Å². The third-order valence-electron chi connectivity index (χ3n) is 4.65. The fraction of sp³-hybridized carbons (Fsp3) is 0.667. The highest BCUT2D eigenvalue weighted by Crippen LogP contribution is 2.28. The number of aromatic nitrogens is 1. The zero-order valence-corrected chi connectivity index (χ0v) is 12.8. The van der Waals surface area contributed by atoms with Crippen LogP contribution in [0.25, 0.3) is 0 Å². The Kier molecular flexibility index (Phi) is 6.87. The Hall–Kier alpha value is -1.22. The van der Waals surface area contributed by atoms with E-state index in [1.165, 1.54) is 32.1 Å². The number of pyridine rings is 1. The monoisotopic (exact) mass is 289 g/mol. The van der Waals surface area contributed by atoms with Crippen LogP contribution in [-0.4, -0.2) is 22.5 Å². The zero-order valence-electron chi connectivity index (χ0n) is 12.8. The maximum absolute atomic E-state index is 11.2. The molecule has 21 heavy (non-hydrogen) atoms. The van der Waals surface area contributed by atoms with Gasteiger partial charge in [-0.3, -0.25) is 4.98 Å². The lowest BCUT2D eigenvalue weighted by molar-refractivity contribution is -0.112. The fourth-order valence-corrected chi connectivity index (χ4v) is 3.38. The summed E-state index contributed by atoms with van der Waals surface area (Å²) >= 11 is 0. The van der Waals surface area contributed by atoms with Gasteiger partial charge in [-0.15, -0.1) is 0 Å². The first kappa shape index (κ1) is 16.2. The van der Waals surface area contributed by atoms with Crippen molar-refractivity contribution in [3.05, 3.63) is 30.1 Å². The van der Waals surface area contributed by atoms with Crippen LogP contribution in [0.3, 0.4) is 0 Å². The molecule has 2 atom stereocenters. The second-order valence-corrected chi connectivity index (χ2v) is 6.43. The van der Waals surface area contributed by atoms with E-state index < -0.39 is 0 Å². The molecule has 1 aliphatic carbocycles. The molecule has 1 heterocycles. The van der Waals surface area contributed by atoms with Gasteiger partial charge in [0.15, 0.2) is 0 Å².